The molecule has 1 N–H and O–H groups in total. The van der Waals surface area contributed by atoms with Crippen LogP contribution in [-0.2, 0) is 27.2 Å². The summed E-state index contributed by atoms with van der Waals surface area (Å²) in [5.41, 5.74) is 1.70. The van der Waals surface area contributed by atoms with Crippen LogP contribution in [-0.4, -0.2) is 24.5 Å². The number of nitrogens with one attached hydrogen (secondary N) is 1. The van der Waals surface area contributed by atoms with E-state index >= 15 is 0 Å². The Labute approximate surface area is 194 Å². The maximum atomic E-state index is 12.5. The van der Waals surface area contributed by atoms with Gasteiger partial charge in [-0.25, -0.2) is 4.79 Å². The molecule has 1 atom stereocenters. The highest BCUT2D eigenvalue weighted by Gasteiger charge is 2.22. The maximum absolute atomic E-state index is 12.5. The molecule has 0 spiro atoms. The summed E-state index contributed by atoms with van der Waals surface area (Å²) in [4.78, 5) is 29.5. The summed E-state index contributed by atoms with van der Waals surface area (Å²) in [5, 5.41) is 14.2. The minimum absolute atomic E-state index is 0.183. The zero-order valence-electron chi connectivity index (χ0n) is 16.8. The monoisotopic (exact) mass is 533 g/mol. The van der Waals surface area contributed by atoms with Gasteiger partial charge in [0, 0.05) is 12.8 Å². The fraction of sp³-hybridized carbons (Fsp3) is 0.273. The number of nitrogens with zero attached hydrogens (tertiary/aromatic N) is 2. The van der Waals surface area contributed by atoms with Gasteiger partial charge in [0.25, 0.3) is 6.26 Å². The summed E-state index contributed by atoms with van der Waals surface area (Å²) >= 11 is 2.06. The Morgan fingerprint density at radius 3 is 2.55 bits per heavy atom. The van der Waals surface area contributed by atoms with Crippen molar-refractivity contribution in [3.63, 3.8) is 0 Å². The highest BCUT2D eigenvalue weighted by atomic mass is 127. The summed E-state index contributed by atoms with van der Waals surface area (Å²) < 4.78 is 10.7. The van der Waals surface area contributed by atoms with Crippen molar-refractivity contribution >= 4 is 34.5 Å². The van der Waals surface area contributed by atoms with Crippen molar-refractivity contribution in [1.29, 1.82) is 5.26 Å². The Balaban J connectivity index is 1.99. The topological polar surface area (TPSA) is 102 Å². The third-order valence-electron chi connectivity index (χ3n) is 4.21. The van der Waals surface area contributed by atoms with E-state index in [0.717, 1.165) is 14.7 Å². The first-order valence-electron chi connectivity index (χ1n) is 9.39. The van der Waals surface area contributed by atoms with Crippen LogP contribution in [0.25, 0.3) is 5.01 Å². The second kappa shape index (κ2) is 12.4. The van der Waals surface area contributed by atoms with Gasteiger partial charge in [-0.3, -0.25) is 4.79 Å². The molecule has 160 valence electrons. The van der Waals surface area contributed by atoms with Crippen molar-refractivity contribution in [2.24, 2.45) is 0 Å². The molecule has 8 nitrogen and oxygen atoms in total. The van der Waals surface area contributed by atoms with Gasteiger partial charge in [-0.2, -0.15) is 11.4 Å². The van der Waals surface area contributed by atoms with Crippen LogP contribution >= 0.6 is 22.6 Å². The van der Waals surface area contributed by atoms with Gasteiger partial charge in [-0.15, -0.1) is 5.26 Å². The van der Waals surface area contributed by atoms with E-state index in [1.807, 2.05) is 6.07 Å². The normalized spacial score (nSPS) is 10.8. The van der Waals surface area contributed by atoms with Crippen LogP contribution < -0.4 is 14.9 Å². The summed E-state index contributed by atoms with van der Waals surface area (Å²) in [5.74, 6) is 0.0750. The fourth-order valence-corrected chi connectivity index (χ4v) is 3.46. The number of rotatable bonds is 10. The molecule has 0 aliphatic carbocycles. The number of amides is 1. The number of carbonyl (C=O) groups is 2. The summed E-state index contributed by atoms with van der Waals surface area (Å²) in [7, 11) is 0. The van der Waals surface area contributed by atoms with E-state index < -0.39 is 12.0 Å². The van der Waals surface area contributed by atoms with Gasteiger partial charge in [0.15, 0.2) is 5.75 Å². The molecule has 0 fully saturated rings. The molecule has 0 aromatic heterocycles. The van der Waals surface area contributed by atoms with Gasteiger partial charge in [-0.05, 0) is 76.3 Å². The Kier molecular flexibility index (Phi) is 9.59. The van der Waals surface area contributed by atoms with Gasteiger partial charge < -0.3 is 14.8 Å². The van der Waals surface area contributed by atoms with E-state index in [4.69, 9.17) is 26.1 Å². The molecule has 0 radical (unpaired) electrons. The number of halogens is 1. The Bertz CT molecular complexity index is 996. The van der Waals surface area contributed by atoms with E-state index in [1.54, 1.807) is 49.6 Å². The number of hydrogen-bond donors (Lipinski definition) is 1. The van der Waals surface area contributed by atoms with Crippen molar-refractivity contribution < 1.29 is 23.9 Å². The largest absolute Gasteiger partial charge is 0.464 e. The van der Waals surface area contributed by atoms with Crippen LogP contribution in [0.2, 0.25) is 0 Å². The molecule has 1 amide bonds. The molecule has 2 rings (SSSR count). The third kappa shape index (κ3) is 7.79. The van der Waals surface area contributed by atoms with Crippen molar-refractivity contribution in [2.45, 2.75) is 32.2 Å². The SMILES string of the molecule is [C-]#[N+]Oc1ccc(CC(NC(=O)CCc2ccc(OC#N)c(I)c2)C(=O)OCC)cc1. The first-order valence-corrected chi connectivity index (χ1v) is 10.5. The molecule has 9 heteroatoms. The lowest BCUT2D eigenvalue weighted by Crippen LogP contribution is -2.43. The summed E-state index contributed by atoms with van der Waals surface area (Å²) in [6, 6.07) is 11.2. The molecule has 0 saturated heterocycles. The van der Waals surface area contributed by atoms with Gasteiger partial charge >= 0.3 is 5.97 Å². The number of nitriles is 1. The molecule has 2 aromatic carbocycles. The average Bonchev–Trinajstić information content (AvgIpc) is 2.75. The number of ether oxygens (including phenoxy) is 2. The zero-order valence-corrected chi connectivity index (χ0v) is 18.9. The van der Waals surface area contributed by atoms with Crippen molar-refractivity contribution in [1.82, 2.24) is 5.32 Å². The van der Waals surface area contributed by atoms with Crippen molar-refractivity contribution in [3.8, 4) is 17.8 Å². The quantitative estimate of drug-likeness (QED) is 0.165. The lowest BCUT2D eigenvalue weighted by Gasteiger charge is -2.17. The predicted molar refractivity (Wildman–Crippen MR) is 120 cm³/mol. The Hall–Kier alpha value is -3.31. The lowest BCUT2D eigenvalue weighted by molar-refractivity contribution is -0.147. The highest BCUT2D eigenvalue weighted by molar-refractivity contribution is 14.1. The van der Waals surface area contributed by atoms with Gasteiger partial charge in [-0.1, -0.05) is 18.2 Å². The highest BCUT2D eigenvalue weighted by Crippen LogP contribution is 2.22. The molecule has 0 bridgehead atoms. The lowest BCUT2D eigenvalue weighted by atomic mass is 10.0. The predicted octanol–water partition coefficient (Wildman–Crippen LogP) is 3.59. The van der Waals surface area contributed by atoms with E-state index in [0.29, 0.717) is 17.9 Å². The second-order valence-electron chi connectivity index (χ2n) is 6.36. The smallest absolute Gasteiger partial charge is 0.328 e. The van der Waals surface area contributed by atoms with E-state index in [1.165, 1.54) is 0 Å². The summed E-state index contributed by atoms with van der Waals surface area (Å²) in [6.45, 7) is 8.61. The van der Waals surface area contributed by atoms with Gasteiger partial charge in [0.05, 0.1) is 10.2 Å². The molecule has 31 heavy (non-hydrogen) atoms. The average molecular weight is 533 g/mol. The van der Waals surface area contributed by atoms with Gasteiger partial charge in [0.2, 0.25) is 11.7 Å². The van der Waals surface area contributed by atoms with Crippen LogP contribution in [0.1, 0.15) is 24.5 Å². The number of esters is 1. The summed E-state index contributed by atoms with van der Waals surface area (Å²) in [6.07, 6.45) is 2.53. The number of carbonyl (C=O) groups excluding carboxylic acids is 2. The minimum Gasteiger partial charge on any atom is -0.464 e. The Morgan fingerprint density at radius 1 is 1.23 bits per heavy atom. The van der Waals surface area contributed by atoms with E-state index in [-0.39, 0.29) is 25.4 Å². The van der Waals surface area contributed by atoms with Crippen molar-refractivity contribution in [3.05, 3.63) is 68.7 Å². The maximum Gasteiger partial charge on any atom is 0.328 e. The molecule has 0 aliphatic rings. The fourth-order valence-electron chi connectivity index (χ4n) is 2.77. The molecule has 1 unspecified atom stereocenters. The van der Waals surface area contributed by atoms with Crippen LogP contribution in [0.5, 0.6) is 11.5 Å². The number of aryl methyl sites for hydroxylation is 1. The molecular formula is C22H20IN3O5. The number of benzene rings is 2. The Morgan fingerprint density at radius 2 is 1.94 bits per heavy atom. The molecule has 2 aromatic rings. The second-order valence-corrected chi connectivity index (χ2v) is 7.52. The van der Waals surface area contributed by atoms with Crippen molar-refractivity contribution in [2.75, 3.05) is 6.61 Å². The van der Waals surface area contributed by atoms with Crippen LogP contribution in [0.15, 0.2) is 42.5 Å². The molecule has 0 aliphatic heterocycles. The van der Waals surface area contributed by atoms with Crippen LogP contribution in [0.4, 0.5) is 0 Å². The van der Waals surface area contributed by atoms with Crippen LogP contribution in [0.3, 0.4) is 0 Å². The molecule has 0 saturated carbocycles. The number of hydrogen-bond acceptors (Lipinski definition) is 6. The third-order valence-corrected chi connectivity index (χ3v) is 5.06. The van der Waals surface area contributed by atoms with Crippen LogP contribution in [0, 0.1) is 21.7 Å². The standard InChI is InChI=1S/C22H20IN3O5/c1-3-29-22(28)19(13-16-4-8-17(9-5-16)31-25-2)26-21(27)11-7-15-6-10-20(30-14-24)18(23)12-15/h4-6,8-10,12,19H,3,7,11,13H2,1H3,(H,26,27). The van der Waals surface area contributed by atoms with E-state index in [2.05, 4.69) is 32.9 Å². The molecule has 0 heterocycles. The first kappa shape index (κ1) is 24.0. The minimum atomic E-state index is -0.827. The first-order chi connectivity index (χ1) is 15.0. The van der Waals surface area contributed by atoms with E-state index in [9.17, 15) is 9.59 Å². The van der Waals surface area contributed by atoms with Gasteiger partial charge in [0.1, 0.15) is 6.04 Å². The molecular weight excluding hydrogens is 513 g/mol. The zero-order chi connectivity index (χ0) is 22.6.